The molecule has 196 valence electrons. The predicted octanol–water partition coefficient (Wildman–Crippen LogP) is 4.45. The van der Waals surface area contributed by atoms with Gasteiger partial charge in [-0.15, -0.1) is 6.58 Å². The number of carbonyl (C=O) groups is 2. The van der Waals surface area contributed by atoms with Crippen LogP contribution in [0.5, 0.6) is 0 Å². The molecular weight excluding hydrogens is 455 g/mol. The second-order valence-corrected chi connectivity index (χ2v) is 12.4. The Kier molecular flexibility index (Phi) is 7.32. The number of carbonyl (C=O) groups excluding carboxylic acids is 2. The number of benzene rings is 1. The molecule has 1 aromatic rings. The molecule has 3 aliphatic carbocycles. The Morgan fingerprint density at radius 3 is 2.50 bits per heavy atom. The molecule has 0 radical (unpaired) electrons. The lowest BCUT2D eigenvalue weighted by atomic mass is 9.43. The third-order valence-electron chi connectivity index (χ3n) is 8.34. The van der Waals surface area contributed by atoms with Gasteiger partial charge in [-0.25, -0.2) is 4.79 Å². The zero-order chi connectivity index (χ0) is 26.3. The summed E-state index contributed by atoms with van der Waals surface area (Å²) in [6.45, 7) is 16.1. The Morgan fingerprint density at radius 1 is 1.19 bits per heavy atom. The molecule has 4 fully saturated rings. The van der Waals surface area contributed by atoms with Crippen molar-refractivity contribution in [1.82, 2.24) is 10.6 Å². The van der Waals surface area contributed by atoms with Gasteiger partial charge in [0, 0.05) is 6.42 Å². The molecule has 1 saturated heterocycles. The van der Waals surface area contributed by atoms with E-state index in [2.05, 4.69) is 38.0 Å². The van der Waals surface area contributed by atoms with Crippen LogP contribution in [0.1, 0.15) is 66.4 Å². The fourth-order valence-corrected chi connectivity index (χ4v) is 6.28. The van der Waals surface area contributed by atoms with Gasteiger partial charge in [0.1, 0.15) is 11.6 Å². The molecule has 1 heterocycles. The number of ether oxygens (including phenoxy) is 1. The fraction of sp³-hybridized carbons (Fsp3) is 0.643. The van der Waals surface area contributed by atoms with Crippen LogP contribution in [0.4, 0.5) is 4.79 Å². The Bertz CT molecular complexity index is 978. The molecule has 0 spiro atoms. The molecule has 2 N–H and O–H groups in total. The molecule has 3 saturated carbocycles. The average Bonchev–Trinajstić information content (AvgIpc) is 3.14. The molecular formula is C28H41BN2O5. The molecule has 36 heavy (non-hydrogen) atoms. The molecule has 4 aliphatic rings. The van der Waals surface area contributed by atoms with Crippen molar-refractivity contribution in [2.75, 3.05) is 0 Å². The van der Waals surface area contributed by atoms with Crippen LogP contribution in [-0.4, -0.2) is 48.4 Å². The van der Waals surface area contributed by atoms with Crippen molar-refractivity contribution in [2.24, 2.45) is 17.3 Å². The van der Waals surface area contributed by atoms with Crippen LogP contribution >= 0.6 is 0 Å². The summed E-state index contributed by atoms with van der Waals surface area (Å²) in [6.07, 6.45) is 4.10. The third kappa shape index (κ3) is 5.35. The van der Waals surface area contributed by atoms with E-state index in [4.69, 9.17) is 14.0 Å². The van der Waals surface area contributed by atoms with Gasteiger partial charge in [0.05, 0.1) is 17.6 Å². The van der Waals surface area contributed by atoms with E-state index in [1.54, 1.807) is 26.8 Å². The molecule has 1 aromatic carbocycles. The highest BCUT2D eigenvalue weighted by atomic mass is 16.7. The average molecular weight is 496 g/mol. The zero-order valence-electron chi connectivity index (χ0n) is 22.5. The van der Waals surface area contributed by atoms with Crippen LogP contribution in [0, 0.1) is 17.3 Å². The maximum Gasteiger partial charge on any atom is 0.482 e. The van der Waals surface area contributed by atoms with E-state index in [0.717, 1.165) is 18.4 Å². The fourth-order valence-electron chi connectivity index (χ4n) is 6.28. The van der Waals surface area contributed by atoms with Gasteiger partial charge in [-0.1, -0.05) is 50.3 Å². The van der Waals surface area contributed by atoms with Crippen molar-refractivity contribution in [1.29, 1.82) is 0 Å². The van der Waals surface area contributed by atoms with Crippen LogP contribution in [-0.2, 0) is 25.3 Å². The normalized spacial score (nSPS) is 29.8. The summed E-state index contributed by atoms with van der Waals surface area (Å²) in [7, 11) is -0.573. The van der Waals surface area contributed by atoms with Crippen LogP contribution in [0.25, 0.3) is 0 Å². The maximum atomic E-state index is 13.5. The van der Waals surface area contributed by atoms with Gasteiger partial charge in [0.15, 0.2) is 0 Å². The largest absolute Gasteiger partial charge is 0.482 e. The van der Waals surface area contributed by atoms with Crippen molar-refractivity contribution >= 4 is 19.1 Å². The number of nitrogens with one attached hydrogen (secondary N) is 2. The summed E-state index contributed by atoms with van der Waals surface area (Å²) >= 11 is 0. The highest BCUT2D eigenvalue weighted by Gasteiger charge is 2.68. The lowest BCUT2D eigenvalue weighted by molar-refractivity contribution is -0.199. The maximum absolute atomic E-state index is 13.5. The number of hydrogen-bond donors (Lipinski definition) is 2. The first kappa shape index (κ1) is 26.7. The monoisotopic (exact) mass is 496 g/mol. The quantitative estimate of drug-likeness (QED) is 0.410. The molecule has 1 aliphatic heterocycles. The Hall–Kier alpha value is -2.32. The van der Waals surface area contributed by atoms with Crippen molar-refractivity contribution in [3.05, 3.63) is 48.6 Å². The predicted molar refractivity (Wildman–Crippen MR) is 140 cm³/mol. The minimum absolute atomic E-state index is 0.0171. The minimum Gasteiger partial charge on any atom is -0.444 e. The molecule has 6 atom stereocenters. The van der Waals surface area contributed by atoms with Gasteiger partial charge in [0.25, 0.3) is 0 Å². The molecule has 2 bridgehead atoms. The number of alkyl carbamates (subject to hydrolysis) is 1. The lowest BCUT2D eigenvalue weighted by Crippen LogP contribution is -2.65. The summed E-state index contributed by atoms with van der Waals surface area (Å²) in [5.41, 5.74) is 0.127. The van der Waals surface area contributed by atoms with Gasteiger partial charge in [-0.05, 0) is 69.8 Å². The molecule has 7 nitrogen and oxygen atoms in total. The first-order valence-corrected chi connectivity index (χ1v) is 13.1. The second-order valence-electron chi connectivity index (χ2n) is 12.4. The van der Waals surface area contributed by atoms with Crippen molar-refractivity contribution in [2.45, 2.75) is 96.5 Å². The van der Waals surface area contributed by atoms with Crippen molar-refractivity contribution in [3.8, 4) is 0 Å². The van der Waals surface area contributed by atoms with Crippen LogP contribution in [0.15, 0.2) is 43.0 Å². The van der Waals surface area contributed by atoms with Gasteiger partial charge in [-0.2, -0.15) is 0 Å². The van der Waals surface area contributed by atoms with Crippen LogP contribution in [0.3, 0.4) is 0 Å². The Labute approximate surface area is 215 Å². The molecule has 5 rings (SSSR count). The summed E-state index contributed by atoms with van der Waals surface area (Å²) in [5, 5.41) is 5.86. The highest BCUT2D eigenvalue weighted by Crippen LogP contribution is 2.65. The number of hydrogen-bond acceptors (Lipinski definition) is 5. The second kappa shape index (κ2) is 9.86. The van der Waals surface area contributed by atoms with Crippen LogP contribution < -0.4 is 10.6 Å². The SMILES string of the molecule is C=CC[C@H](NC(=O)[C@H](Cc1ccccc1)NC(=O)OC(C)(C)C)B1O[C@@H]2C[C@@H]3C[C@@H](C3(C)C)[C@]2(C)O1. The van der Waals surface area contributed by atoms with E-state index in [1.807, 2.05) is 30.3 Å². The zero-order valence-corrected chi connectivity index (χ0v) is 22.5. The smallest absolute Gasteiger partial charge is 0.444 e. The summed E-state index contributed by atoms with van der Waals surface area (Å²) in [5.74, 6) is 0.340. The number of amides is 2. The van der Waals surface area contributed by atoms with Crippen molar-refractivity contribution in [3.63, 3.8) is 0 Å². The summed E-state index contributed by atoms with van der Waals surface area (Å²) in [6, 6.07) is 8.78. The molecule has 0 aromatic heterocycles. The number of rotatable bonds is 8. The van der Waals surface area contributed by atoms with Crippen molar-refractivity contribution < 1.29 is 23.6 Å². The minimum atomic E-state index is -0.819. The first-order chi connectivity index (χ1) is 16.8. The highest BCUT2D eigenvalue weighted by molar-refractivity contribution is 6.48. The van der Waals surface area contributed by atoms with E-state index in [0.29, 0.717) is 24.7 Å². The Balaban J connectivity index is 1.48. The first-order valence-electron chi connectivity index (χ1n) is 13.1. The van der Waals surface area contributed by atoms with Gasteiger partial charge in [0.2, 0.25) is 5.91 Å². The molecule has 0 unspecified atom stereocenters. The summed E-state index contributed by atoms with van der Waals surface area (Å²) < 4.78 is 18.5. The van der Waals surface area contributed by atoms with Gasteiger partial charge in [-0.3, -0.25) is 4.79 Å². The van der Waals surface area contributed by atoms with E-state index in [-0.39, 0.29) is 23.0 Å². The van der Waals surface area contributed by atoms with E-state index in [9.17, 15) is 9.59 Å². The summed E-state index contributed by atoms with van der Waals surface area (Å²) in [4.78, 5) is 26.1. The van der Waals surface area contributed by atoms with Gasteiger partial charge < -0.3 is 24.7 Å². The van der Waals surface area contributed by atoms with E-state index in [1.165, 1.54) is 0 Å². The van der Waals surface area contributed by atoms with E-state index < -0.39 is 30.8 Å². The molecule has 8 heteroatoms. The molecule has 2 amide bonds. The van der Waals surface area contributed by atoms with E-state index >= 15 is 0 Å². The lowest BCUT2D eigenvalue weighted by Gasteiger charge is -2.64. The topological polar surface area (TPSA) is 85.9 Å². The van der Waals surface area contributed by atoms with Crippen LogP contribution in [0.2, 0.25) is 0 Å². The van der Waals surface area contributed by atoms with Gasteiger partial charge >= 0.3 is 13.2 Å². The Morgan fingerprint density at radius 2 is 1.89 bits per heavy atom. The third-order valence-corrected chi connectivity index (χ3v) is 8.34. The standard InChI is InChI=1S/C28H41BN2O5/c1-8-12-23(29-35-22-17-19-16-21(27(19,5)6)28(22,7)36-29)31-24(32)20(15-18-13-10-9-11-14-18)30-25(33)34-26(2,3)4/h8-11,13-14,19-23H,1,12,15-17H2,2-7H3,(H,30,33)(H,31,32)/t19-,20-,21-,22+,23-,28-/m0/s1.